The molecule has 0 aliphatic carbocycles. The Morgan fingerprint density at radius 3 is 2.92 bits per heavy atom. The summed E-state index contributed by atoms with van der Waals surface area (Å²) >= 11 is 6.51. The molecule has 2 aromatic rings. The number of benzene rings is 1. The van der Waals surface area contributed by atoms with Crippen LogP contribution in [0.15, 0.2) is 26.9 Å². The maximum atomic E-state index is 13.1. The third kappa shape index (κ3) is 1.51. The molecule has 0 aliphatic rings. The van der Waals surface area contributed by atoms with Gasteiger partial charge >= 0.3 is 0 Å². The van der Waals surface area contributed by atoms with Crippen molar-refractivity contribution >= 4 is 49.1 Å². The van der Waals surface area contributed by atoms with Gasteiger partial charge in [0.05, 0.1) is 9.17 Å². The molecule has 0 amide bonds. The van der Waals surface area contributed by atoms with Crippen molar-refractivity contribution in [1.82, 2.24) is 0 Å². The molecule has 0 spiro atoms. The second-order valence-corrected chi connectivity index (χ2v) is 5.06. The Morgan fingerprint density at radius 1 is 1.46 bits per heavy atom. The number of rotatable bonds is 1. The summed E-state index contributed by atoms with van der Waals surface area (Å²) in [5, 5.41) is 3.19. The maximum absolute atomic E-state index is 13.1. The third-order valence-corrected chi connectivity index (χ3v) is 4.80. The van der Waals surface area contributed by atoms with Crippen LogP contribution in [0.1, 0.15) is 0 Å². The van der Waals surface area contributed by atoms with Crippen LogP contribution in [-0.4, -0.2) is 6.26 Å². The Morgan fingerprint density at radius 2 is 2.23 bits per heavy atom. The lowest BCUT2D eigenvalue weighted by molar-refractivity contribution is 0.623. The van der Waals surface area contributed by atoms with Crippen molar-refractivity contribution < 1.29 is 4.39 Å². The highest BCUT2D eigenvalue weighted by Crippen LogP contribution is 2.37. The van der Waals surface area contributed by atoms with Gasteiger partial charge in [0.1, 0.15) is 5.82 Å². The molecule has 0 bridgehead atoms. The standard InChI is InChI=1S/C9H6BrFS2/c1-12-7-4-13-9-5(7)2-3-6(11)8(9)10/h2-4H,1H3. The van der Waals surface area contributed by atoms with Gasteiger partial charge in [-0.05, 0) is 34.3 Å². The first-order valence-corrected chi connectivity index (χ1v) is 6.53. The van der Waals surface area contributed by atoms with Gasteiger partial charge in [-0.15, -0.1) is 23.1 Å². The number of fused-ring (bicyclic) bond motifs is 1. The van der Waals surface area contributed by atoms with Crippen LogP contribution in [-0.2, 0) is 0 Å². The molecule has 0 aliphatic heterocycles. The maximum Gasteiger partial charge on any atom is 0.138 e. The molecule has 0 atom stereocenters. The molecule has 1 aromatic carbocycles. The lowest BCUT2D eigenvalue weighted by atomic mass is 10.2. The molecule has 0 N–H and O–H groups in total. The molecular formula is C9H6BrFS2. The normalized spacial score (nSPS) is 11.0. The SMILES string of the molecule is CSc1csc2c(Br)c(F)ccc12. The molecule has 13 heavy (non-hydrogen) atoms. The number of hydrogen-bond acceptors (Lipinski definition) is 2. The smallest absolute Gasteiger partial charge is 0.138 e. The number of halogens is 2. The number of thiophene rings is 1. The van der Waals surface area contributed by atoms with E-state index in [0.717, 1.165) is 10.1 Å². The van der Waals surface area contributed by atoms with Gasteiger partial charge < -0.3 is 0 Å². The average molecular weight is 277 g/mol. The zero-order valence-corrected chi connectivity index (χ0v) is 10.0. The first-order chi connectivity index (χ1) is 6.24. The van der Waals surface area contributed by atoms with E-state index in [-0.39, 0.29) is 5.82 Å². The minimum Gasteiger partial charge on any atom is -0.206 e. The predicted octanol–water partition coefficient (Wildman–Crippen LogP) is 4.52. The fraction of sp³-hybridized carbons (Fsp3) is 0.111. The Balaban J connectivity index is 2.81. The van der Waals surface area contributed by atoms with Gasteiger partial charge in [-0.1, -0.05) is 0 Å². The largest absolute Gasteiger partial charge is 0.206 e. The van der Waals surface area contributed by atoms with Crippen LogP contribution in [0.3, 0.4) is 0 Å². The third-order valence-electron chi connectivity index (χ3n) is 1.82. The Bertz CT molecular complexity index is 450. The molecule has 2 rings (SSSR count). The van der Waals surface area contributed by atoms with Gasteiger partial charge in [0.25, 0.3) is 0 Å². The average Bonchev–Trinajstić information content (AvgIpc) is 2.55. The van der Waals surface area contributed by atoms with Crippen LogP contribution in [0.25, 0.3) is 10.1 Å². The second-order valence-electron chi connectivity index (χ2n) is 2.54. The van der Waals surface area contributed by atoms with E-state index >= 15 is 0 Å². The minimum absolute atomic E-state index is 0.193. The molecule has 0 fully saturated rings. The van der Waals surface area contributed by atoms with Crippen LogP contribution in [0.5, 0.6) is 0 Å². The van der Waals surface area contributed by atoms with Crippen molar-refractivity contribution in [3.8, 4) is 0 Å². The van der Waals surface area contributed by atoms with Crippen molar-refractivity contribution in [3.63, 3.8) is 0 Å². The van der Waals surface area contributed by atoms with Crippen molar-refractivity contribution in [1.29, 1.82) is 0 Å². The Kier molecular flexibility index (Phi) is 2.62. The molecule has 0 saturated carbocycles. The predicted molar refractivity (Wildman–Crippen MR) is 61.3 cm³/mol. The van der Waals surface area contributed by atoms with Gasteiger partial charge in [-0.25, -0.2) is 4.39 Å². The highest BCUT2D eigenvalue weighted by atomic mass is 79.9. The topological polar surface area (TPSA) is 0 Å². The summed E-state index contributed by atoms with van der Waals surface area (Å²) in [6.45, 7) is 0. The van der Waals surface area contributed by atoms with E-state index < -0.39 is 0 Å². The minimum atomic E-state index is -0.193. The van der Waals surface area contributed by atoms with E-state index in [2.05, 4.69) is 21.3 Å². The quantitative estimate of drug-likeness (QED) is 0.690. The molecule has 0 unspecified atom stereocenters. The van der Waals surface area contributed by atoms with E-state index in [9.17, 15) is 4.39 Å². The molecule has 1 aromatic heterocycles. The Hall–Kier alpha value is -0.0600. The van der Waals surface area contributed by atoms with E-state index in [1.807, 2.05) is 12.3 Å². The Labute approximate surface area is 92.3 Å². The van der Waals surface area contributed by atoms with Gasteiger partial charge in [0, 0.05) is 15.7 Å². The first-order valence-electron chi connectivity index (χ1n) is 3.63. The fourth-order valence-electron chi connectivity index (χ4n) is 1.18. The fourth-order valence-corrected chi connectivity index (χ4v) is 3.64. The summed E-state index contributed by atoms with van der Waals surface area (Å²) in [7, 11) is 0. The van der Waals surface area contributed by atoms with E-state index in [1.54, 1.807) is 23.1 Å². The summed E-state index contributed by atoms with van der Waals surface area (Å²) in [5.74, 6) is -0.193. The van der Waals surface area contributed by atoms with Crippen LogP contribution < -0.4 is 0 Å². The lowest BCUT2D eigenvalue weighted by Crippen LogP contribution is -1.76. The van der Waals surface area contributed by atoms with Crippen LogP contribution in [0.2, 0.25) is 0 Å². The molecule has 0 saturated heterocycles. The van der Waals surface area contributed by atoms with Crippen LogP contribution in [0.4, 0.5) is 4.39 Å². The highest BCUT2D eigenvalue weighted by Gasteiger charge is 2.09. The summed E-state index contributed by atoms with van der Waals surface area (Å²) in [6.07, 6.45) is 2.03. The summed E-state index contributed by atoms with van der Waals surface area (Å²) in [4.78, 5) is 1.21. The number of hydrogen-bond donors (Lipinski definition) is 0. The molecule has 68 valence electrons. The van der Waals surface area contributed by atoms with Gasteiger partial charge in [0.15, 0.2) is 0 Å². The summed E-state index contributed by atoms with van der Waals surface area (Å²) < 4.78 is 14.7. The monoisotopic (exact) mass is 276 g/mol. The van der Waals surface area contributed by atoms with Crippen LogP contribution >= 0.6 is 39.0 Å². The zero-order valence-electron chi connectivity index (χ0n) is 6.80. The van der Waals surface area contributed by atoms with E-state index in [4.69, 9.17) is 0 Å². The first kappa shape index (κ1) is 9.49. The highest BCUT2D eigenvalue weighted by molar-refractivity contribution is 9.10. The van der Waals surface area contributed by atoms with Crippen molar-refractivity contribution in [2.75, 3.05) is 6.26 Å². The lowest BCUT2D eigenvalue weighted by Gasteiger charge is -1.97. The summed E-state index contributed by atoms with van der Waals surface area (Å²) in [6, 6.07) is 3.33. The van der Waals surface area contributed by atoms with Crippen LogP contribution in [0, 0.1) is 5.82 Å². The molecular weight excluding hydrogens is 271 g/mol. The molecule has 4 heteroatoms. The van der Waals surface area contributed by atoms with Crippen molar-refractivity contribution in [2.45, 2.75) is 4.90 Å². The molecule has 1 heterocycles. The van der Waals surface area contributed by atoms with E-state index in [1.165, 1.54) is 11.0 Å². The van der Waals surface area contributed by atoms with Crippen molar-refractivity contribution in [2.24, 2.45) is 0 Å². The van der Waals surface area contributed by atoms with Gasteiger partial charge in [0.2, 0.25) is 0 Å². The van der Waals surface area contributed by atoms with Gasteiger partial charge in [-0.3, -0.25) is 0 Å². The molecule has 0 nitrogen and oxygen atoms in total. The van der Waals surface area contributed by atoms with Gasteiger partial charge in [-0.2, -0.15) is 0 Å². The van der Waals surface area contributed by atoms with E-state index in [0.29, 0.717) is 4.47 Å². The summed E-state index contributed by atoms with van der Waals surface area (Å²) in [5.41, 5.74) is 0. The van der Waals surface area contributed by atoms with Crippen molar-refractivity contribution in [3.05, 3.63) is 27.8 Å². The number of thioether (sulfide) groups is 1. The molecule has 0 radical (unpaired) electrons. The second kappa shape index (κ2) is 3.59. The zero-order chi connectivity index (χ0) is 9.42.